The van der Waals surface area contributed by atoms with E-state index in [0.29, 0.717) is 11.4 Å². The van der Waals surface area contributed by atoms with Crippen LogP contribution in [0.4, 0.5) is 0 Å². The van der Waals surface area contributed by atoms with Crippen molar-refractivity contribution in [3.8, 4) is 11.4 Å². The molecule has 2 heterocycles. The minimum absolute atomic E-state index is 0.0525. The van der Waals surface area contributed by atoms with Crippen LogP contribution in [0.2, 0.25) is 0 Å². The number of carboxylic acid groups (broad SMARTS) is 1. The molecule has 0 radical (unpaired) electrons. The summed E-state index contributed by atoms with van der Waals surface area (Å²) in [4.78, 5) is 18.3. The van der Waals surface area contributed by atoms with Crippen LogP contribution < -0.4 is 0 Å². The van der Waals surface area contributed by atoms with Crippen molar-refractivity contribution in [2.75, 3.05) is 0 Å². The summed E-state index contributed by atoms with van der Waals surface area (Å²) in [5.74, 6) is -1.06. The molecule has 0 amide bonds. The second-order valence-electron chi connectivity index (χ2n) is 2.56. The first-order chi connectivity index (χ1) is 6.79. The molecule has 2 N–H and O–H groups in total. The standard InChI is InChI=1S/C8H6N4O2/c13-8(14)5-3-9-4-10-7(5)6-1-2-11-12-6/h1-4H,(H,11,12)(H,13,14). The summed E-state index contributed by atoms with van der Waals surface area (Å²) in [5.41, 5.74) is 0.951. The largest absolute Gasteiger partial charge is 0.478 e. The molecule has 0 saturated carbocycles. The van der Waals surface area contributed by atoms with Crippen LogP contribution in [-0.2, 0) is 0 Å². The highest BCUT2D eigenvalue weighted by molar-refractivity contribution is 5.93. The van der Waals surface area contributed by atoms with Gasteiger partial charge in [0, 0.05) is 12.4 Å². The van der Waals surface area contributed by atoms with E-state index in [9.17, 15) is 4.79 Å². The number of carboxylic acids is 1. The lowest BCUT2D eigenvalue weighted by Crippen LogP contribution is -2.02. The van der Waals surface area contributed by atoms with Crippen LogP contribution in [0.1, 0.15) is 10.4 Å². The van der Waals surface area contributed by atoms with Gasteiger partial charge in [-0.15, -0.1) is 0 Å². The first kappa shape index (κ1) is 8.36. The lowest BCUT2D eigenvalue weighted by atomic mass is 10.2. The lowest BCUT2D eigenvalue weighted by molar-refractivity contribution is 0.0697. The number of H-pyrrole nitrogens is 1. The molecule has 0 aliphatic heterocycles. The number of rotatable bonds is 2. The number of carbonyl (C=O) groups is 1. The molecule has 0 unspecified atom stereocenters. The molecule has 2 aromatic heterocycles. The van der Waals surface area contributed by atoms with Gasteiger partial charge in [0.15, 0.2) is 0 Å². The van der Waals surface area contributed by atoms with Gasteiger partial charge in [-0.3, -0.25) is 5.10 Å². The number of aromatic carboxylic acids is 1. The summed E-state index contributed by atoms with van der Waals surface area (Å²) < 4.78 is 0. The van der Waals surface area contributed by atoms with E-state index in [4.69, 9.17) is 5.11 Å². The molecule has 6 nitrogen and oxygen atoms in total. The van der Waals surface area contributed by atoms with E-state index in [1.54, 1.807) is 6.07 Å². The van der Waals surface area contributed by atoms with E-state index in [-0.39, 0.29) is 5.56 Å². The molecule has 0 atom stereocenters. The van der Waals surface area contributed by atoms with Gasteiger partial charge < -0.3 is 5.11 Å². The van der Waals surface area contributed by atoms with E-state index in [0.717, 1.165) is 0 Å². The Bertz CT molecular complexity index is 452. The third kappa shape index (κ3) is 1.33. The van der Waals surface area contributed by atoms with Gasteiger partial charge in [-0.05, 0) is 6.07 Å². The van der Waals surface area contributed by atoms with E-state index in [1.807, 2.05) is 0 Å². The fraction of sp³-hybridized carbons (Fsp3) is 0. The number of nitrogens with one attached hydrogen (secondary N) is 1. The van der Waals surface area contributed by atoms with Crippen molar-refractivity contribution >= 4 is 5.97 Å². The molecule has 0 fully saturated rings. The van der Waals surface area contributed by atoms with Gasteiger partial charge in [0.25, 0.3) is 0 Å². The second kappa shape index (κ2) is 3.25. The van der Waals surface area contributed by atoms with Crippen molar-refractivity contribution in [3.63, 3.8) is 0 Å². The molecule has 0 aliphatic rings. The summed E-state index contributed by atoms with van der Waals surface area (Å²) >= 11 is 0. The first-order valence-electron chi connectivity index (χ1n) is 3.82. The third-order valence-corrected chi connectivity index (χ3v) is 1.70. The Morgan fingerprint density at radius 1 is 1.50 bits per heavy atom. The molecule has 70 valence electrons. The summed E-state index contributed by atoms with van der Waals surface area (Å²) in [6.45, 7) is 0. The Morgan fingerprint density at radius 3 is 3.00 bits per heavy atom. The topological polar surface area (TPSA) is 91.8 Å². The van der Waals surface area contributed by atoms with Crippen LogP contribution in [0.3, 0.4) is 0 Å². The molecule has 0 saturated heterocycles. The Morgan fingerprint density at radius 2 is 2.36 bits per heavy atom. The molecule has 0 spiro atoms. The monoisotopic (exact) mass is 190 g/mol. The summed E-state index contributed by atoms with van der Waals surface area (Å²) in [5, 5.41) is 15.2. The van der Waals surface area contributed by atoms with Crippen molar-refractivity contribution in [1.29, 1.82) is 0 Å². The van der Waals surface area contributed by atoms with Crippen LogP contribution in [0.25, 0.3) is 11.4 Å². The van der Waals surface area contributed by atoms with Crippen molar-refractivity contribution in [3.05, 3.63) is 30.4 Å². The highest BCUT2D eigenvalue weighted by atomic mass is 16.4. The number of hydrogen-bond donors (Lipinski definition) is 2. The summed E-state index contributed by atoms with van der Waals surface area (Å²) in [6.07, 6.45) is 4.08. The third-order valence-electron chi connectivity index (χ3n) is 1.70. The van der Waals surface area contributed by atoms with E-state index in [2.05, 4.69) is 20.2 Å². The highest BCUT2D eigenvalue weighted by Crippen LogP contribution is 2.16. The minimum Gasteiger partial charge on any atom is -0.478 e. The van der Waals surface area contributed by atoms with Gasteiger partial charge in [-0.2, -0.15) is 5.10 Å². The summed E-state index contributed by atoms with van der Waals surface area (Å²) in [7, 11) is 0. The molecule has 2 rings (SSSR count). The molecular formula is C8H6N4O2. The number of hydrogen-bond acceptors (Lipinski definition) is 4. The number of aromatic amines is 1. The first-order valence-corrected chi connectivity index (χ1v) is 3.82. The number of nitrogens with zero attached hydrogens (tertiary/aromatic N) is 3. The highest BCUT2D eigenvalue weighted by Gasteiger charge is 2.13. The zero-order chi connectivity index (χ0) is 9.97. The molecule has 0 aliphatic carbocycles. The molecule has 0 aromatic carbocycles. The van der Waals surface area contributed by atoms with Crippen molar-refractivity contribution in [2.45, 2.75) is 0 Å². The van der Waals surface area contributed by atoms with Gasteiger partial charge in [0.1, 0.15) is 17.6 Å². The SMILES string of the molecule is O=C(O)c1cncnc1-c1ccn[nH]1. The maximum Gasteiger partial charge on any atom is 0.339 e. The van der Waals surface area contributed by atoms with E-state index in [1.165, 1.54) is 18.7 Å². The average molecular weight is 190 g/mol. The van der Waals surface area contributed by atoms with Crippen molar-refractivity contribution in [1.82, 2.24) is 20.2 Å². The second-order valence-corrected chi connectivity index (χ2v) is 2.56. The maximum absolute atomic E-state index is 10.8. The molecule has 2 aromatic rings. The predicted octanol–water partition coefficient (Wildman–Crippen LogP) is 0.565. The lowest BCUT2D eigenvalue weighted by Gasteiger charge is -1.99. The maximum atomic E-state index is 10.8. The van der Waals surface area contributed by atoms with Crippen LogP contribution in [0.5, 0.6) is 0 Å². The Labute approximate surface area is 78.6 Å². The van der Waals surface area contributed by atoms with Gasteiger partial charge in [0.2, 0.25) is 0 Å². The molecular weight excluding hydrogens is 184 g/mol. The number of aromatic nitrogens is 4. The normalized spacial score (nSPS) is 10.0. The Hall–Kier alpha value is -2.24. The van der Waals surface area contributed by atoms with Crippen LogP contribution in [0, 0.1) is 0 Å². The van der Waals surface area contributed by atoms with Crippen molar-refractivity contribution in [2.24, 2.45) is 0 Å². The van der Waals surface area contributed by atoms with Crippen LogP contribution >= 0.6 is 0 Å². The molecule has 0 bridgehead atoms. The van der Waals surface area contributed by atoms with E-state index >= 15 is 0 Å². The fourth-order valence-electron chi connectivity index (χ4n) is 1.09. The predicted molar refractivity (Wildman–Crippen MR) is 46.6 cm³/mol. The van der Waals surface area contributed by atoms with Gasteiger partial charge in [-0.25, -0.2) is 14.8 Å². The van der Waals surface area contributed by atoms with Crippen LogP contribution in [0.15, 0.2) is 24.8 Å². The zero-order valence-corrected chi connectivity index (χ0v) is 7.01. The smallest absolute Gasteiger partial charge is 0.339 e. The minimum atomic E-state index is -1.06. The van der Waals surface area contributed by atoms with Gasteiger partial charge >= 0.3 is 5.97 Å². The quantitative estimate of drug-likeness (QED) is 0.722. The summed E-state index contributed by atoms with van der Waals surface area (Å²) in [6, 6.07) is 1.65. The Balaban J connectivity index is 2.58. The molecule has 14 heavy (non-hydrogen) atoms. The fourth-order valence-corrected chi connectivity index (χ4v) is 1.09. The molecule has 6 heteroatoms. The van der Waals surface area contributed by atoms with Gasteiger partial charge in [-0.1, -0.05) is 0 Å². The van der Waals surface area contributed by atoms with Gasteiger partial charge in [0.05, 0.1) is 5.69 Å². The zero-order valence-electron chi connectivity index (χ0n) is 7.01. The van der Waals surface area contributed by atoms with Crippen LogP contribution in [-0.4, -0.2) is 31.2 Å². The van der Waals surface area contributed by atoms with Crippen molar-refractivity contribution < 1.29 is 9.90 Å². The Kier molecular flexibility index (Phi) is 1.94. The average Bonchev–Trinajstić information content (AvgIpc) is 2.70. The van der Waals surface area contributed by atoms with E-state index < -0.39 is 5.97 Å².